The Labute approximate surface area is 252 Å². The van der Waals surface area contributed by atoms with E-state index in [-0.39, 0.29) is 5.82 Å². The van der Waals surface area contributed by atoms with Gasteiger partial charge in [-0.05, 0) is 129 Å². The van der Waals surface area contributed by atoms with Gasteiger partial charge in [0.2, 0.25) is 0 Å². The molecule has 0 saturated heterocycles. The number of aryl methyl sites for hydroxylation is 2. The van der Waals surface area contributed by atoms with Crippen LogP contribution in [0.3, 0.4) is 0 Å². The maximum Gasteiger partial charge on any atom is 0.123 e. The third-order valence-electron chi connectivity index (χ3n) is 7.47. The molecule has 6 aromatic rings. The van der Waals surface area contributed by atoms with Crippen LogP contribution in [0.4, 0.5) is 21.5 Å². The smallest absolute Gasteiger partial charge is 0.123 e. The van der Waals surface area contributed by atoms with Gasteiger partial charge in [-0.2, -0.15) is 0 Å². The molecule has 1 aromatic heterocycles. The first-order valence-corrected chi connectivity index (χ1v) is 14.5. The molecule has 0 spiro atoms. The highest BCUT2D eigenvalue weighted by Gasteiger charge is 2.14. The second-order valence-corrected chi connectivity index (χ2v) is 10.6. The van der Waals surface area contributed by atoms with Crippen LogP contribution in [0.25, 0.3) is 33.6 Å². The van der Waals surface area contributed by atoms with Crippen molar-refractivity contribution in [2.45, 2.75) is 20.8 Å². The van der Waals surface area contributed by atoms with Gasteiger partial charge < -0.3 is 9.64 Å². The van der Waals surface area contributed by atoms with Crippen molar-refractivity contribution >= 4 is 17.1 Å². The van der Waals surface area contributed by atoms with Gasteiger partial charge in [-0.25, -0.2) is 9.37 Å². The van der Waals surface area contributed by atoms with Crippen LogP contribution in [-0.2, 0) is 0 Å². The lowest BCUT2D eigenvalue weighted by molar-refractivity contribution is 0.340. The summed E-state index contributed by atoms with van der Waals surface area (Å²) in [5, 5.41) is 0. The Morgan fingerprint density at radius 2 is 0.953 bits per heavy atom. The van der Waals surface area contributed by atoms with E-state index in [9.17, 15) is 4.39 Å². The molecule has 0 atom stereocenters. The minimum absolute atomic E-state index is 0.270. The Bertz CT molecular complexity index is 1770. The average Bonchev–Trinajstić information content (AvgIpc) is 3.04. The number of rotatable bonds is 8. The Hall–Kier alpha value is -5.22. The van der Waals surface area contributed by atoms with Gasteiger partial charge >= 0.3 is 0 Å². The van der Waals surface area contributed by atoms with E-state index >= 15 is 0 Å². The van der Waals surface area contributed by atoms with Crippen molar-refractivity contribution in [3.8, 4) is 39.4 Å². The molecule has 0 bridgehead atoms. The summed E-state index contributed by atoms with van der Waals surface area (Å²) in [7, 11) is 0. The van der Waals surface area contributed by atoms with Gasteiger partial charge in [-0.15, -0.1) is 0 Å². The van der Waals surface area contributed by atoms with Crippen molar-refractivity contribution in [3.05, 3.63) is 150 Å². The van der Waals surface area contributed by atoms with Crippen LogP contribution in [-0.4, -0.2) is 11.6 Å². The minimum atomic E-state index is -0.270. The molecule has 0 N–H and O–H groups in total. The maximum absolute atomic E-state index is 13.7. The fourth-order valence-corrected chi connectivity index (χ4v) is 5.14. The van der Waals surface area contributed by atoms with E-state index in [1.165, 1.54) is 23.3 Å². The molecule has 3 nitrogen and oxygen atoms in total. The van der Waals surface area contributed by atoms with Gasteiger partial charge in [0.1, 0.15) is 11.6 Å². The number of anilines is 3. The van der Waals surface area contributed by atoms with Crippen LogP contribution >= 0.6 is 0 Å². The molecular formula is C39H33FN2O. The SMILES string of the molecule is CCOc1ccc(-c2cc(-c3ccc(N(c4ccc(C)cc4)c4ccc(C)cc4)cc3)cc(-c3ccc(F)cc3)n2)cc1. The zero-order valence-electron chi connectivity index (χ0n) is 24.6. The van der Waals surface area contributed by atoms with Crippen LogP contribution in [0.1, 0.15) is 18.1 Å². The monoisotopic (exact) mass is 564 g/mol. The summed E-state index contributed by atoms with van der Waals surface area (Å²) < 4.78 is 19.4. The first-order valence-electron chi connectivity index (χ1n) is 14.5. The molecule has 212 valence electrons. The van der Waals surface area contributed by atoms with Crippen molar-refractivity contribution < 1.29 is 9.13 Å². The average molecular weight is 565 g/mol. The van der Waals surface area contributed by atoms with E-state index < -0.39 is 0 Å². The Morgan fingerprint density at radius 3 is 1.42 bits per heavy atom. The number of nitrogens with zero attached hydrogens (tertiary/aromatic N) is 2. The van der Waals surface area contributed by atoms with E-state index in [4.69, 9.17) is 9.72 Å². The molecule has 1 heterocycles. The van der Waals surface area contributed by atoms with Crippen LogP contribution in [0, 0.1) is 19.7 Å². The summed E-state index contributed by atoms with van der Waals surface area (Å²) in [6.07, 6.45) is 0. The normalized spacial score (nSPS) is 10.9. The van der Waals surface area contributed by atoms with Crippen molar-refractivity contribution in [1.29, 1.82) is 0 Å². The molecule has 0 amide bonds. The topological polar surface area (TPSA) is 25.4 Å². The van der Waals surface area contributed by atoms with Gasteiger partial charge in [-0.3, -0.25) is 0 Å². The third kappa shape index (κ3) is 6.34. The maximum atomic E-state index is 13.7. The summed E-state index contributed by atoms with van der Waals surface area (Å²) in [6.45, 7) is 6.79. The number of hydrogen-bond acceptors (Lipinski definition) is 3. The highest BCUT2D eigenvalue weighted by Crippen LogP contribution is 2.37. The lowest BCUT2D eigenvalue weighted by Crippen LogP contribution is -2.09. The summed E-state index contributed by atoms with van der Waals surface area (Å²) in [6, 6.07) is 44.4. The van der Waals surface area contributed by atoms with E-state index in [1.807, 2.05) is 31.2 Å². The van der Waals surface area contributed by atoms with Crippen LogP contribution in [0.15, 0.2) is 133 Å². The van der Waals surface area contributed by atoms with E-state index in [2.05, 4.69) is 104 Å². The van der Waals surface area contributed by atoms with Gasteiger partial charge in [0.05, 0.1) is 18.0 Å². The fourth-order valence-electron chi connectivity index (χ4n) is 5.14. The van der Waals surface area contributed by atoms with Gasteiger partial charge in [0.25, 0.3) is 0 Å². The molecule has 43 heavy (non-hydrogen) atoms. The molecule has 6 rings (SSSR count). The van der Waals surface area contributed by atoms with Crippen LogP contribution in [0.5, 0.6) is 5.75 Å². The summed E-state index contributed by atoms with van der Waals surface area (Å²) in [4.78, 5) is 7.24. The molecule has 4 heteroatoms. The molecule has 0 fully saturated rings. The van der Waals surface area contributed by atoms with E-state index in [0.29, 0.717) is 6.61 Å². The number of aromatic nitrogens is 1. The van der Waals surface area contributed by atoms with Crippen molar-refractivity contribution in [3.63, 3.8) is 0 Å². The molecule has 0 aliphatic rings. The molecule has 5 aromatic carbocycles. The Morgan fingerprint density at radius 1 is 0.535 bits per heavy atom. The highest BCUT2D eigenvalue weighted by atomic mass is 19.1. The second-order valence-electron chi connectivity index (χ2n) is 10.6. The highest BCUT2D eigenvalue weighted by molar-refractivity contribution is 5.81. The first kappa shape index (κ1) is 27.9. The van der Waals surface area contributed by atoms with Crippen molar-refractivity contribution in [2.24, 2.45) is 0 Å². The largest absolute Gasteiger partial charge is 0.494 e. The first-order chi connectivity index (χ1) is 21.0. The molecular weight excluding hydrogens is 531 g/mol. The zero-order chi connectivity index (χ0) is 29.8. The van der Waals surface area contributed by atoms with E-state index in [0.717, 1.165) is 56.5 Å². The van der Waals surface area contributed by atoms with Crippen LogP contribution < -0.4 is 9.64 Å². The quantitative estimate of drug-likeness (QED) is 0.184. The lowest BCUT2D eigenvalue weighted by Gasteiger charge is -2.26. The Kier molecular flexibility index (Phi) is 8.01. The lowest BCUT2D eigenvalue weighted by atomic mass is 9.99. The molecule has 0 unspecified atom stereocenters. The number of ether oxygens (including phenoxy) is 1. The molecule has 0 saturated carbocycles. The molecule has 0 radical (unpaired) electrons. The standard InChI is InChI=1S/C39H33FN2O/c1-4-43-37-23-13-31(14-24-37)39-26-32(25-38(41-39)30-9-15-33(40)16-10-30)29-11-21-36(22-12-29)42(34-17-5-27(2)6-18-34)35-19-7-28(3)8-20-35/h5-26H,4H2,1-3H3. The van der Waals surface area contributed by atoms with Crippen molar-refractivity contribution in [1.82, 2.24) is 4.98 Å². The van der Waals surface area contributed by atoms with Gasteiger partial charge in [0, 0.05) is 28.2 Å². The van der Waals surface area contributed by atoms with E-state index in [1.54, 1.807) is 12.1 Å². The fraction of sp³-hybridized carbons (Fsp3) is 0.103. The second kappa shape index (κ2) is 12.3. The predicted molar refractivity (Wildman–Crippen MR) is 176 cm³/mol. The third-order valence-corrected chi connectivity index (χ3v) is 7.47. The predicted octanol–water partition coefficient (Wildman–Crippen LogP) is 10.7. The number of benzene rings is 5. The number of halogens is 1. The number of hydrogen-bond donors (Lipinski definition) is 0. The summed E-state index contributed by atoms with van der Waals surface area (Å²) in [5.41, 5.74) is 11.3. The number of pyridine rings is 1. The van der Waals surface area contributed by atoms with Crippen LogP contribution in [0.2, 0.25) is 0 Å². The molecule has 0 aliphatic heterocycles. The zero-order valence-corrected chi connectivity index (χ0v) is 24.6. The van der Waals surface area contributed by atoms with Gasteiger partial charge in [-0.1, -0.05) is 47.5 Å². The molecule has 0 aliphatic carbocycles. The minimum Gasteiger partial charge on any atom is -0.494 e. The Balaban J connectivity index is 1.41. The summed E-state index contributed by atoms with van der Waals surface area (Å²) in [5.74, 6) is 0.553. The van der Waals surface area contributed by atoms with Gasteiger partial charge in [0.15, 0.2) is 0 Å². The summed E-state index contributed by atoms with van der Waals surface area (Å²) >= 11 is 0. The van der Waals surface area contributed by atoms with Crippen molar-refractivity contribution in [2.75, 3.05) is 11.5 Å².